The molecule has 2 aliphatic carbocycles. The number of carbonyl (C=O) groups excluding carboxylic acids is 1. The molecule has 2 N–H and O–H groups in total. The number of likely N-dealkylation sites (tertiary alicyclic amines) is 1. The summed E-state index contributed by atoms with van der Waals surface area (Å²) in [5.74, 6) is -0.673. The predicted molar refractivity (Wildman–Crippen MR) is 151 cm³/mol. The van der Waals surface area contributed by atoms with E-state index in [1.807, 2.05) is 16.7 Å². The first-order valence-corrected chi connectivity index (χ1v) is 15.3. The molecule has 0 unspecified atom stereocenters. The van der Waals surface area contributed by atoms with E-state index < -0.39 is 5.97 Å². The number of amides is 1. The second kappa shape index (κ2) is 9.96. The summed E-state index contributed by atoms with van der Waals surface area (Å²) in [7, 11) is 0. The molecule has 3 fully saturated rings. The molecule has 9 nitrogen and oxygen atoms in total. The van der Waals surface area contributed by atoms with Crippen LogP contribution in [0.2, 0.25) is 4.34 Å². The third-order valence-corrected chi connectivity index (χ3v) is 10.1. The summed E-state index contributed by atoms with van der Waals surface area (Å²) in [5, 5.41) is 23.3. The molecule has 2 saturated carbocycles. The minimum absolute atomic E-state index is 0.0926. The van der Waals surface area contributed by atoms with Crippen molar-refractivity contribution in [2.75, 3.05) is 13.1 Å². The molecule has 3 aromatic heterocycles. The zero-order valence-corrected chi connectivity index (χ0v) is 23.5. The fraction of sp³-hybridized carbons (Fsp3) is 0.444. The lowest BCUT2D eigenvalue weighted by molar-refractivity contribution is 0.0696. The van der Waals surface area contributed by atoms with E-state index in [1.54, 1.807) is 12.1 Å². The summed E-state index contributed by atoms with van der Waals surface area (Å²) >= 11 is 9.03. The maximum absolute atomic E-state index is 13.7. The normalized spacial score (nSPS) is 18.6. The van der Waals surface area contributed by atoms with Gasteiger partial charge >= 0.3 is 5.97 Å². The first-order valence-electron chi connectivity index (χ1n) is 13.3. The van der Waals surface area contributed by atoms with Gasteiger partial charge in [0.2, 0.25) is 0 Å². The maximum Gasteiger partial charge on any atom is 0.335 e. The van der Waals surface area contributed by atoms with Gasteiger partial charge in [-0.15, -0.1) is 21.5 Å². The number of imidazole rings is 1. The van der Waals surface area contributed by atoms with Gasteiger partial charge in [0.05, 0.1) is 32.4 Å². The quantitative estimate of drug-likeness (QED) is 0.292. The van der Waals surface area contributed by atoms with E-state index in [4.69, 9.17) is 16.6 Å². The summed E-state index contributed by atoms with van der Waals surface area (Å²) < 4.78 is 2.60. The Balaban J connectivity index is 1.24. The highest BCUT2D eigenvalue weighted by Gasteiger charge is 2.34. The number of hydrogen-bond donors (Lipinski definition) is 2. The molecule has 1 amide bonds. The molecule has 1 aromatic carbocycles. The SMILES string of the molecule is O=C(O)c1cc(C2CC2)c2c(c1)nc(C(=O)NC1CCN(C3CC3)CC1)n2Cc1nnc(-c2ccc(Cl)s2)s1. The van der Waals surface area contributed by atoms with Crippen LogP contribution in [0, 0.1) is 0 Å². The zero-order valence-electron chi connectivity index (χ0n) is 21.1. The number of aromatic carboxylic acids is 1. The lowest BCUT2D eigenvalue weighted by Crippen LogP contribution is -2.45. The molecule has 39 heavy (non-hydrogen) atoms. The van der Waals surface area contributed by atoms with E-state index in [9.17, 15) is 14.7 Å². The third kappa shape index (κ3) is 5.08. The number of carboxylic acid groups (broad SMARTS) is 1. The van der Waals surface area contributed by atoms with E-state index in [0.717, 1.165) is 70.8 Å². The van der Waals surface area contributed by atoms with Crippen molar-refractivity contribution in [3.63, 3.8) is 0 Å². The molecular weight excluding hydrogens is 556 g/mol. The molecule has 202 valence electrons. The van der Waals surface area contributed by atoms with Gasteiger partial charge in [-0.2, -0.15) is 0 Å². The third-order valence-electron chi connectivity index (χ3n) is 7.81. The fourth-order valence-corrected chi connectivity index (χ4v) is 7.46. The van der Waals surface area contributed by atoms with Gasteiger partial charge in [0.25, 0.3) is 5.91 Å². The first-order chi connectivity index (χ1) is 18.9. The number of hydrogen-bond acceptors (Lipinski definition) is 8. The number of benzene rings is 1. The number of fused-ring (bicyclic) bond motifs is 1. The van der Waals surface area contributed by atoms with Crippen LogP contribution >= 0.6 is 34.3 Å². The smallest absolute Gasteiger partial charge is 0.335 e. The Labute approximate surface area is 237 Å². The number of rotatable bonds is 8. The van der Waals surface area contributed by atoms with Gasteiger partial charge in [0.15, 0.2) is 10.8 Å². The zero-order chi connectivity index (χ0) is 26.7. The number of aromatic nitrogens is 4. The number of halogens is 1. The van der Waals surface area contributed by atoms with Crippen molar-refractivity contribution in [3.05, 3.63) is 50.6 Å². The monoisotopic (exact) mass is 582 g/mol. The van der Waals surface area contributed by atoms with E-state index in [0.29, 0.717) is 16.4 Å². The van der Waals surface area contributed by atoms with Crippen molar-refractivity contribution in [2.24, 2.45) is 0 Å². The van der Waals surface area contributed by atoms with E-state index in [-0.39, 0.29) is 29.3 Å². The van der Waals surface area contributed by atoms with Gasteiger partial charge in [0.1, 0.15) is 5.01 Å². The van der Waals surface area contributed by atoms with Crippen LogP contribution in [0.5, 0.6) is 0 Å². The Bertz CT molecular complexity index is 1580. The Kier molecular flexibility index (Phi) is 6.42. The van der Waals surface area contributed by atoms with Gasteiger partial charge in [0, 0.05) is 25.2 Å². The van der Waals surface area contributed by atoms with Crippen molar-refractivity contribution in [2.45, 2.75) is 63.1 Å². The van der Waals surface area contributed by atoms with Crippen molar-refractivity contribution >= 4 is 57.2 Å². The van der Waals surface area contributed by atoms with E-state index in [2.05, 4.69) is 20.4 Å². The van der Waals surface area contributed by atoms with Crippen molar-refractivity contribution in [1.82, 2.24) is 30.0 Å². The van der Waals surface area contributed by atoms with Crippen molar-refractivity contribution < 1.29 is 14.7 Å². The number of piperidine rings is 1. The second-order valence-corrected chi connectivity index (χ2v) is 13.4. The fourth-order valence-electron chi connectivity index (χ4n) is 5.54. The molecule has 0 radical (unpaired) electrons. The Morgan fingerprint density at radius 2 is 1.85 bits per heavy atom. The van der Waals surface area contributed by atoms with Crippen LogP contribution in [0.25, 0.3) is 20.9 Å². The molecule has 12 heteroatoms. The van der Waals surface area contributed by atoms with Gasteiger partial charge < -0.3 is 19.9 Å². The molecule has 4 aromatic rings. The lowest BCUT2D eigenvalue weighted by atomic mass is 10.0. The van der Waals surface area contributed by atoms with Gasteiger partial charge in [-0.25, -0.2) is 9.78 Å². The average molecular weight is 583 g/mol. The minimum Gasteiger partial charge on any atom is -0.478 e. The van der Waals surface area contributed by atoms with Crippen LogP contribution in [-0.4, -0.2) is 66.8 Å². The molecule has 0 bridgehead atoms. The minimum atomic E-state index is -0.995. The average Bonchev–Trinajstić information content (AvgIpc) is 3.83. The molecule has 7 rings (SSSR count). The van der Waals surface area contributed by atoms with Gasteiger partial charge in [-0.1, -0.05) is 22.9 Å². The van der Waals surface area contributed by atoms with Crippen molar-refractivity contribution in [1.29, 1.82) is 0 Å². The molecule has 0 spiro atoms. The van der Waals surface area contributed by atoms with E-state index in [1.165, 1.54) is 35.5 Å². The molecule has 0 atom stereocenters. The molecule has 1 saturated heterocycles. The van der Waals surface area contributed by atoms with Crippen LogP contribution in [0.15, 0.2) is 24.3 Å². The van der Waals surface area contributed by atoms with Crippen LogP contribution in [-0.2, 0) is 6.54 Å². The topological polar surface area (TPSA) is 113 Å². The van der Waals surface area contributed by atoms with Crippen molar-refractivity contribution in [3.8, 4) is 9.88 Å². The molecule has 4 heterocycles. The second-order valence-electron chi connectivity index (χ2n) is 10.7. The summed E-state index contributed by atoms with van der Waals surface area (Å²) in [6.45, 7) is 2.32. The number of thiophene rings is 1. The largest absolute Gasteiger partial charge is 0.478 e. The Hall–Kier alpha value is -2.86. The predicted octanol–water partition coefficient (Wildman–Crippen LogP) is 5.25. The maximum atomic E-state index is 13.7. The Morgan fingerprint density at radius 3 is 2.51 bits per heavy atom. The summed E-state index contributed by atoms with van der Waals surface area (Å²) in [6, 6.07) is 7.91. The van der Waals surface area contributed by atoms with Crippen LogP contribution in [0.1, 0.15) is 76.0 Å². The number of carboxylic acids is 1. The molecular formula is C27H27ClN6O3S2. The van der Waals surface area contributed by atoms with Crippen LogP contribution in [0.4, 0.5) is 0 Å². The molecule has 1 aliphatic heterocycles. The standard InChI is InChI=1S/C27H27ClN6O3S2/c28-21-6-5-20(38-21)26-32-31-22(39-26)13-34-23-18(14-1-2-14)11-15(27(36)37)12-19(23)30-24(34)25(35)29-16-7-9-33(10-8-16)17-3-4-17/h5-6,11-12,14,16-17H,1-4,7-10,13H2,(H,29,35)(H,36,37). The summed E-state index contributed by atoms with van der Waals surface area (Å²) in [4.78, 5) is 33.8. The summed E-state index contributed by atoms with van der Waals surface area (Å²) in [5.41, 5.74) is 2.47. The van der Waals surface area contributed by atoms with Gasteiger partial charge in [-0.3, -0.25) is 4.79 Å². The molecule has 3 aliphatic rings. The van der Waals surface area contributed by atoms with Crippen LogP contribution in [0.3, 0.4) is 0 Å². The highest BCUT2D eigenvalue weighted by Crippen LogP contribution is 2.44. The lowest BCUT2D eigenvalue weighted by Gasteiger charge is -2.32. The summed E-state index contributed by atoms with van der Waals surface area (Å²) in [6.07, 6.45) is 6.40. The number of nitrogens with zero attached hydrogens (tertiary/aromatic N) is 5. The highest BCUT2D eigenvalue weighted by molar-refractivity contribution is 7.23. The first kappa shape index (κ1) is 25.1. The van der Waals surface area contributed by atoms with Gasteiger partial charge in [-0.05, 0) is 74.3 Å². The highest BCUT2D eigenvalue weighted by atomic mass is 35.5. The number of carbonyl (C=O) groups is 2. The van der Waals surface area contributed by atoms with E-state index >= 15 is 0 Å². The van der Waals surface area contributed by atoms with Crippen LogP contribution < -0.4 is 5.32 Å². The Morgan fingerprint density at radius 1 is 1.05 bits per heavy atom. The number of nitrogens with one attached hydrogen (secondary N) is 1.